The molecule has 2 N–H and O–H groups in total. The van der Waals surface area contributed by atoms with Crippen molar-refractivity contribution in [3.8, 4) is 0 Å². The van der Waals surface area contributed by atoms with Gasteiger partial charge in [-0.15, -0.1) is 0 Å². The Morgan fingerprint density at radius 1 is 1.24 bits per heavy atom. The minimum absolute atomic E-state index is 0.110. The summed E-state index contributed by atoms with van der Waals surface area (Å²) in [4.78, 5) is 0. The highest BCUT2D eigenvalue weighted by molar-refractivity contribution is 9.10. The maximum absolute atomic E-state index is 6.14. The second kappa shape index (κ2) is 5.07. The first-order valence-corrected chi connectivity index (χ1v) is 6.42. The topological polar surface area (TPSA) is 39.2 Å². The van der Waals surface area contributed by atoms with Crippen LogP contribution in [-0.4, -0.2) is 0 Å². The zero-order valence-corrected chi connectivity index (χ0v) is 11.6. The smallest absolute Gasteiger partial charge is 0.134 e. The van der Waals surface area contributed by atoms with Gasteiger partial charge in [-0.2, -0.15) is 0 Å². The summed E-state index contributed by atoms with van der Waals surface area (Å²) in [6, 6.07) is 8.20. The molecule has 0 aliphatic rings. The van der Waals surface area contributed by atoms with E-state index in [1.165, 1.54) is 16.7 Å². The lowest BCUT2D eigenvalue weighted by molar-refractivity contribution is 0.462. The molecule has 0 aliphatic heterocycles. The van der Waals surface area contributed by atoms with E-state index in [0.29, 0.717) is 0 Å². The molecule has 0 radical (unpaired) electrons. The number of rotatable bonds is 3. The fraction of sp³-hybridized carbons (Fsp3) is 0.286. The molecule has 2 rings (SSSR count). The largest absolute Gasteiger partial charge is 0.466 e. The number of benzene rings is 1. The molecule has 0 fully saturated rings. The van der Waals surface area contributed by atoms with Crippen molar-refractivity contribution >= 4 is 15.9 Å². The van der Waals surface area contributed by atoms with Gasteiger partial charge in [0.25, 0.3) is 0 Å². The zero-order valence-electron chi connectivity index (χ0n) is 10.0. The van der Waals surface area contributed by atoms with Crippen molar-refractivity contribution in [3.05, 3.63) is 57.5 Å². The zero-order chi connectivity index (χ0) is 12.4. The number of hydrogen-bond donors (Lipinski definition) is 1. The third-order valence-electron chi connectivity index (χ3n) is 3.01. The van der Waals surface area contributed by atoms with Crippen LogP contribution >= 0.6 is 15.9 Å². The molecule has 0 spiro atoms. The number of hydrogen-bond acceptors (Lipinski definition) is 2. The Bertz CT molecular complexity index is 519. The second-order valence-corrected chi connectivity index (χ2v) is 5.22. The molecule has 17 heavy (non-hydrogen) atoms. The van der Waals surface area contributed by atoms with Crippen molar-refractivity contribution < 1.29 is 4.42 Å². The fourth-order valence-electron chi connectivity index (χ4n) is 1.85. The lowest BCUT2D eigenvalue weighted by Gasteiger charge is -2.11. The summed E-state index contributed by atoms with van der Waals surface area (Å²) in [6.07, 6.45) is 2.44. The maximum Gasteiger partial charge on any atom is 0.134 e. The van der Waals surface area contributed by atoms with Gasteiger partial charge in [-0.1, -0.05) is 18.2 Å². The van der Waals surface area contributed by atoms with Crippen LogP contribution < -0.4 is 5.73 Å². The third kappa shape index (κ3) is 2.79. The van der Waals surface area contributed by atoms with Crippen LogP contribution in [0.3, 0.4) is 0 Å². The van der Waals surface area contributed by atoms with Gasteiger partial charge in [0.05, 0.1) is 16.8 Å². The average Bonchev–Trinajstić information content (AvgIpc) is 2.70. The molecular weight excluding hydrogens is 278 g/mol. The summed E-state index contributed by atoms with van der Waals surface area (Å²) < 4.78 is 6.32. The molecule has 1 heterocycles. The highest BCUT2D eigenvalue weighted by atomic mass is 79.9. The highest BCUT2D eigenvalue weighted by Gasteiger charge is 2.14. The van der Waals surface area contributed by atoms with E-state index in [9.17, 15) is 0 Å². The minimum Gasteiger partial charge on any atom is -0.466 e. The number of furan rings is 1. The summed E-state index contributed by atoms with van der Waals surface area (Å²) in [5.41, 5.74) is 9.98. The van der Waals surface area contributed by atoms with Gasteiger partial charge in [0.15, 0.2) is 0 Å². The molecule has 0 aliphatic carbocycles. The first-order valence-electron chi connectivity index (χ1n) is 5.62. The normalized spacial score (nSPS) is 12.7. The predicted molar refractivity (Wildman–Crippen MR) is 73.0 cm³/mol. The first kappa shape index (κ1) is 12.4. The summed E-state index contributed by atoms with van der Waals surface area (Å²) in [5.74, 6) is 0.809. The summed E-state index contributed by atoms with van der Waals surface area (Å²) >= 11 is 3.43. The molecule has 3 heteroatoms. The van der Waals surface area contributed by atoms with Gasteiger partial charge >= 0.3 is 0 Å². The van der Waals surface area contributed by atoms with Gasteiger partial charge in [-0.3, -0.25) is 0 Å². The number of nitrogens with two attached hydrogens (primary N) is 1. The minimum atomic E-state index is -0.110. The molecule has 1 atom stereocenters. The van der Waals surface area contributed by atoms with Gasteiger partial charge in [-0.25, -0.2) is 0 Å². The van der Waals surface area contributed by atoms with Gasteiger partial charge < -0.3 is 10.2 Å². The van der Waals surface area contributed by atoms with E-state index in [4.69, 9.17) is 10.2 Å². The van der Waals surface area contributed by atoms with Crippen molar-refractivity contribution in [2.75, 3.05) is 0 Å². The fourth-order valence-corrected chi connectivity index (χ4v) is 2.34. The van der Waals surface area contributed by atoms with E-state index in [0.717, 1.165) is 16.7 Å². The van der Waals surface area contributed by atoms with E-state index < -0.39 is 0 Å². The Kier molecular flexibility index (Phi) is 3.69. The Hall–Kier alpha value is -1.06. The van der Waals surface area contributed by atoms with Crippen LogP contribution in [0.1, 0.15) is 28.5 Å². The molecule has 2 aromatic rings. The lowest BCUT2D eigenvalue weighted by atomic mass is 10.0. The van der Waals surface area contributed by atoms with Crippen molar-refractivity contribution in [2.24, 2.45) is 5.73 Å². The number of halogens is 1. The predicted octanol–water partition coefficient (Wildman–Crippen LogP) is 3.90. The van der Waals surface area contributed by atoms with Crippen molar-refractivity contribution in [2.45, 2.75) is 26.3 Å². The standard InChI is InChI=1S/C14H16BrNO/c1-9-3-4-11(7-10(9)2)8-13(16)14-12(15)5-6-17-14/h3-7,13H,8,16H2,1-2H3. The monoisotopic (exact) mass is 293 g/mol. The Morgan fingerprint density at radius 3 is 2.59 bits per heavy atom. The third-order valence-corrected chi connectivity index (χ3v) is 3.66. The van der Waals surface area contributed by atoms with E-state index in [-0.39, 0.29) is 6.04 Å². The molecule has 2 nitrogen and oxygen atoms in total. The molecule has 90 valence electrons. The van der Waals surface area contributed by atoms with Gasteiger partial charge in [0, 0.05) is 0 Å². The van der Waals surface area contributed by atoms with Gasteiger partial charge in [0.2, 0.25) is 0 Å². The molecule has 0 saturated carbocycles. The van der Waals surface area contributed by atoms with Crippen LogP contribution in [0.4, 0.5) is 0 Å². The molecule has 0 amide bonds. The average molecular weight is 294 g/mol. The van der Waals surface area contributed by atoms with E-state index in [1.54, 1.807) is 6.26 Å². The number of aryl methyl sites for hydroxylation is 2. The van der Waals surface area contributed by atoms with Crippen LogP contribution in [0, 0.1) is 13.8 Å². The molecule has 1 aromatic carbocycles. The lowest BCUT2D eigenvalue weighted by Crippen LogP contribution is -2.13. The maximum atomic E-state index is 6.14. The highest BCUT2D eigenvalue weighted by Crippen LogP contribution is 2.25. The summed E-state index contributed by atoms with van der Waals surface area (Å²) in [7, 11) is 0. The summed E-state index contributed by atoms with van der Waals surface area (Å²) in [5, 5.41) is 0. The van der Waals surface area contributed by atoms with Crippen LogP contribution in [-0.2, 0) is 6.42 Å². The van der Waals surface area contributed by atoms with Crippen LogP contribution in [0.15, 0.2) is 39.4 Å². The van der Waals surface area contributed by atoms with Gasteiger partial charge in [-0.05, 0) is 59.0 Å². The van der Waals surface area contributed by atoms with Crippen LogP contribution in [0.5, 0.6) is 0 Å². The molecule has 1 unspecified atom stereocenters. The Labute approximate surface area is 110 Å². The molecule has 0 saturated heterocycles. The Balaban J connectivity index is 2.16. The van der Waals surface area contributed by atoms with Crippen LogP contribution in [0.2, 0.25) is 0 Å². The molecule has 1 aromatic heterocycles. The molecule has 0 bridgehead atoms. The SMILES string of the molecule is Cc1ccc(CC(N)c2occc2Br)cc1C. The van der Waals surface area contributed by atoms with Gasteiger partial charge in [0.1, 0.15) is 5.76 Å². The van der Waals surface area contributed by atoms with E-state index in [1.807, 2.05) is 6.07 Å². The molecular formula is C14H16BrNO. The quantitative estimate of drug-likeness (QED) is 0.932. The van der Waals surface area contributed by atoms with E-state index in [2.05, 4.69) is 48.0 Å². The summed E-state index contributed by atoms with van der Waals surface area (Å²) in [6.45, 7) is 4.23. The first-order chi connectivity index (χ1) is 8.08. The van der Waals surface area contributed by atoms with Crippen LogP contribution in [0.25, 0.3) is 0 Å². The second-order valence-electron chi connectivity index (χ2n) is 4.36. The van der Waals surface area contributed by atoms with E-state index >= 15 is 0 Å². The Morgan fingerprint density at radius 2 is 2.00 bits per heavy atom. The van der Waals surface area contributed by atoms with Crippen molar-refractivity contribution in [1.82, 2.24) is 0 Å². The van der Waals surface area contributed by atoms with Crippen molar-refractivity contribution in [1.29, 1.82) is 0 Å². The van der Waals surface area contributed by atoms with Crippen molar-refractivity contribution in [3.63, 3.8) is 0 Å².